The molecule has 0 amide bonds. The number of aliphatic hydroxyl groups is 1. The topological polar surface area (TPSA) is 58.7 Å². The lowest BCUT2D eigenvalue weighted by molar-refractivity contribution is -0.0474. The molecule has 0 radical (unpaired) electrons. The van der Waals surface area contributed by atoms with E-state index < -0.39 is 0 Å². The summed E-state index contributed by atoms with van der Waals surface area (Å²) < 4.78 is 5.50. The number of hydrogen-bond donors (Lipinski definition) is 2. The maximum absolute atomic E-state index is 9.49. The molecule has 0 spiro atoms. The molecule has 1 aliphatic rings. The smallest absolute Gasteiger partial charge is 0.0674 e. The predicted octanol–water partition coefficient (Wildman–Crippen LogP) is 0.441. The van der Waals surface area contributed by atoms with E-state index in [0.717, 1.165) is 26.1 Å². The fourth-order valence-corrected chi connectivity index (χ4v) is 2.37. The third kappa shape index (κ3) is 4.01. The third-order valence-electron chi connectivity index (χ3n) is 3.17. The summed E-state index contributed by atoms with van der Waals surface area (Å²) in [5, 5.41) is 9.49. The van der Waals surface area contributed by atoms with Gasteiger partial charge in [-0.3, -0.25) is 4.90 Å². The summed E-state index contributed by atoms with van der Waals surface area (Å²) in [5.41, 5.74) is 6.16. The molecule has 96 valence electrons. The average molecular weight is 230 g/mol. The molecule has 1 saturated heterocycles. The van der Waals surface area contributed by atoms with E-state index >= 15 is 0 Å². The zero-order valence-corrected chi connectivity index (χ0v) is 10.7. The molecule has 4 heteroatoms. The Kier molecular flexibility index (Phi) is 5.69. The molecule has 0 aromatic carbocycles. The second-order valence-electron chi connectivity index (χ2n) is 5.22. The number of nitrogens with two attached hydrogens (primary N) is 1. The maximum Gasteiger partial charge on any atom is 0.0674 e. The van der Waals surface area contributed by atoms with Crippen LogP contribution >= 0.6 is 0 Å². The molecule has 0 aliphatic carbocycles. The Labute approximate surface area is 98.8 Å². The molecule has 1 heterocycles. The lowest BCUT2D eigenvalue weighted by Gasteiger charge is -2.39. The van der Waals surface area contributed by atoms with Gasteiger partial charge in [0.25, 0.3) is 0 Å². The van der Waals surface area contributed by atoms with Crippen LogP contribution in [0.5, 0.6) is 0 Å². The molecule has 3 unspecified atom stereocenters. The lowest BCUT2D eigenvalue weighted by Crippen LogP contribution is -2.55. The minimum Gasteiger partial charge on any atom is -0.395 e. The number of morpholine rings is 1. The van der Waals surface area contributed by atoms with Crippen molar-refractivity contribution in [3.05, 3.63) is 0 Å². The largest absolute Gasteiger partial charge is 0.395 e. The number of nitrogens with zero attached hydrogens (tertiary/aromatic N) is 1. The van der Waals surface area contributed by atoms with Gasteiger partial charge in [0.2, 0.25) is 0 Å². The monoisotopic (exact) mass is 230 g/mol. The van der Waals surface area contributed by atoms with Crippen molar-refractivity contribution in [2.45, 2.75) is 45.4 Å². The molecular formula is C12H26N2O2. The Balaban J connectivity index is 2.51. The highest BCUT2D eigenvalue weighted by molar-refractivity contribution is 4.85. The van der Waals surface area contributed by atoms with Crippen molar-refractivity contribution in [3.8, 4) is 0 Å². The van der Waals surface area contributed by atoms with E-state index in [1.165, 1.54) is 0 Å². The summed E-state index contributed by atoms with van der Waals surface area (Å²) in [6, 6.07) is 0.129. The van der Waals surface area contributed by atoms with Gasteiger partial charge in [-0.1, -0.05) is 13.8 Å². The first-order valence-corrected chi connectivity index (χ1v) is 6.26. The van der Waals surface area contributed by atoms with Crippen molar-refractivity contribution in [3.63, 3.8) is 0 Å². The zero-order chi connectivity index (χ0) is 12.1. The summed E-state index contributed by atoms with van der Waals surface area (Å²) >= 11 is 0. The predicted molar refractivity (Wildman–Crippen MR) is 65.3 cm³/mol. The van der Waals surface area contributed by atoms with E-state index in [0.29, 0.717) is 5.92 Å². The molecule has 1 rings (SSSR count). The Morgan fingerprint density at radius 3 is 2.69 bits per heavy atom. The van der Waals surface area contributed by atoms with Crippen LogP contribution in [0.4, 0.5) is 0 Å². The van der Waals surface area contributed by atoms with E-state index in [2.05, 4.69) is 25.7 Å². The molecule has 16 heavy (non-hydrogen) atoms. The van der Waals surface area contributed by atoms with Gasteiger partial charge in [0.1, 0.15) is 0 Å². The molecule has 1 fully saturated rings. The van der Waals surface area contributed by atoms with Crippen molar-refractivity contribution in [2.75, 3.05) is 26.3 Å². The summed E-state index contributed by atoms with van der Waals surface area (Å²) in [4.78, 5) is 2.27. The van der Waals surface area contributed by atoms with E-state index in [4.69, 9.17) is 10.5 Å². The zero-order valence-electron chi connectivity index (χ0n) is 10.7. The fraction of sp³-hybridized carbons (Fsp3) is 1.00. The number of rotatable bonds is 5. The molecule has 3 N–H and O–H groups in total. The minimum atomic E-state index is 0.0512. The first-order valence-electron chi connectivity index (χ1n) is 6.26. The standard InChI is InChI=1S/C12H26N2O2/c1-9(2)6-11(13)12(8-15)14-4-5-16-10(3)7-14/h9-12,15H,4-8,13H2,1-3H3. The van der Waals surface area contributed by atoms with Crippen LogP contribution in [0.2, 0.25) is 0 Å². The Morgan fingerprint density at radius 1 is 1.50 bits per heavy atom. The van der Waals surface area contributed by atoms with Crippen LogP contribution in [0.1, 0.15) is 27.2 Å². The summed E-state index contributed by atoms with van der Waals surface area (Å²) in [6.45, 7) is 9.02. The highest BCUT2D eigenvalue weighted by Crippen LogP contribution is 2.14. The molecule has 0 bridgehead atoms. The van der Waals surface area contributed by atoms with Gasteiger partial charge in [-0.2, -0.15) is 0 Å². The summed E-state index contributed by atoms with van der Waals surface area (Å²) in [7, 11) is 0. The van der Waals surface area contributed by atoms with Crippen LogP contribution in [-0.2, 0) is 4.74 Å². The van der Waals surface area contributed by atoms with Crippen molar-refractivity contribution in [2.24, 2.45) is 11.7 Å². The number of aliphatic hydroxyl groups excluding tert-OH is 1. The van der Waals surface area contributed by atoms with Gasteiger partial charge in [0, 0.05) is 25.2 Å². The van der Waals surface area contributed by atoms with Crippen molar-refractivity contribution >= 4 is 0 Å². The Bertz CT molecular complexity index is 199. The maximum atomic E-state index is 9.49. The molecule has 0 aromatic rings. The van der Waals surface area contributed by atoms with E-state index in [1.807, 2.05) is 0 Å². The molecule has 0 aromatic heterocycles. The Morgan fingerprint density at radius 2 is 2.19 bits per heavy atom. The first kappa shape index (κ1) is 13.9. The lowest BCUT2D eigenvalue weighted by atomic mass is 9.97. The van der Waals surface area contributed by atoms with E-state index in [9.17, 15) is 5.11 Å². The third-order valence-corrected chi connectivity index (χ3v) is 3.17. The van der Waals surface area contributed by atoms with Gasteiger partial charge in [-0.05, 0) is 19.3 Å². The van der Waals surface area contributed by atoms with Crippen LogP contribution < -0.4 is 5.73 Å². The second kappa shape index (κ2) is 6.55. The van der Waals surface area contributed by atoms with Gasteiger partial charge in [0.15, 0.2) is 0 Å². The summed E-state index contributed by atoms with van der Waals surface area (Å²) in [6.07, 6.45) is 1.20. The normalized spacial score (nSPS) is 27.0. The average Bonchev–Trinajstić information content (AvgIpc) is 2.17. The van der Waals surface area contributed by atoms with Crippen LogP contribution in [0, 0.1) is 5.92 Å². The molecule has 0 saturated carbocycles. The van der Waals surface area contributed by atoms with Crippen LogP contribution in [0.25, 0.3) is 0 Å². The quantitative estimate of drug-likeness (QED) is 0.719. The first-order chi connectivity index (χ1) is 7.54. The fourth-order valence-electron chi connectivity index (χ4n) is 2.37. The second-order valence-corrected chi connectivity index (χ2v) is 5.22. The van der Waals surface area contributed by atoms with Crippen molar-refractivity contribution in [1.29, 1.82) is 0 Å². The molecule has 1 aliphatic heterocycles. The molecule has 4 nitrogen and oxygen atoms in total. The highest BCUT2D eigenvalue weighted by Gasteiger charge is 2.28. The van der Waals surface area contributed by atoms with Gasteiger partial charge in [-0.15, -0.1) is 0 Å². The number of hydrogen-bond acceptors (Lipinski definition) is 4. The molecular weight excluding hydrogens is 204 g/mol. The minimum absolute atomic E-state index is 0.0512. The van der Waals surface area contributed by atoms with E-state index in [1.54, 1.807) is 0 Å². The number of ether oxygens (including phenoxy) is 1. The van der Waals surface area contributed by atoms with Gasteiger partial charge < -0.3 is 15.6 Å². The van der Waals surface area contributed by atoms with Crippen LogP contribution in [-0.4, -0.2) is 54.5 Å². The van der Waals surface area contributed by atoms with Gasteiger partial charge >= 0.3 is 0 Å². The SMILES string of the molecule is CC(C)CC(N)C(CO)N1CCOC(C)C1. The van der Waals surface area contributed by atoms with Crippen molar-refractivity contribution in [1.82, 2.24) is 4.90 Å². The van der Waals surface area contributed by atoms with Crippen molar-refractivity contribution < 1.29 is 9.84 Å². The summed E-state index contributed by atoms with van der Waals surface area (Å²) in [5.74, 6) is 0.572. The van der Waals surface area contributed by atoms with Gasteiger partial charge in [-0.25, -0.2) is 0 Å². The van der Waals surface area contributed by atoms with Crippen LogP contribution in [0.3, 0.4) is 0 Å². The van der Waals surface area contributed by atoms with Crippen LogP contribution in [0.15, 0.2) is 0 Å². The Hall–Kier alpha value is -0.160. The highest BCUT2D eigenvalue weighted by atomic mass is 16.5. The van der Waals surface area contributed by atoms with Gasteiger partial charge in [0.05, 0.1) is 19.3 Å². The van der Waals surface area contributed by atoms with E-state index in [-0.39, 0.29) is 24.8 Å². The molecule has 3 atom stereocenters.